The van der Waals surface area contributed by atoms with Gasteiger partial charge in [0.05, 0.1) is 40.8 Å². The number of anilines is 1. The van der Waals surface area contributed by atoms with Gasteiger partial charge in [0.25, 0.3) is 5.91 Å². The summed E-state index contributed by atoms with van der Waals surface area (Å²) in [6, 6.07) is 9.79. The second kappa shape index (κ2) is 8.59. The number of urea groups is 1. The summed E-state index contributed by atoms with van der Waals surface area (Å²) in [5.41, 5.74) is -0.742. The highest BCUT2D eigenvalue weighted by molar-refractivity contribution is 7.89. The zero-order chi connectivity index (χ0) is 24.6. The van der Waals surface area contributed by atoms with Crippen LogP contribution in [0, 0.1) is 11.3 Å². The summed E-state index contributed by atoms with van der Waals surface area (Å²) < 4.78 is 64.7. The van der Waals surface area contributed by atoms with Gasteiger partial charge >= 0.3 is 12.2 Å². The number of nitrogens with zero attached hydrogens (tertiary/aromatic N) is 2. The van der Waals surface area contributed by atoms with Crippen LogP contribution in [0.4, 0.5) is 23.7 Å². The quantitative estimate of drug-likeness (QED) is 0.700. The summed E-state index contributed by atoms with van der Waals surface area (Å²) in [5, 5.41) is 11.5. The molecule has 1 unspecified atom stereocenters. The van der Waals surface area contributed by atoms with Crippen LogP contribution in [0.1, 0.15) is 29.7 Å². The number of nitriles is 1. The van der Waals surface area contributed by atoms with Gasteiger partial charge in [0.2, 0.25) is 10.0 Å². The Morgan fingerprint density at radius 3 is 2.36 bits per heavy atom. The normalized spacial score (nSPS) is 16.8. The molecule has 1 aliphatic heterocycles. The van der Waals surface area contributed by atoms with Crippen molar-refractivity contribution in [2.75, 3.05) is 11.2 Å². The van der Waals surface area contributed by atoms with Crippen molar-refractivity contribution in [3.8, 4) is 6.07 Å². The van der Waals surface area contributed by atoms with E-state index in [1.165, 1.54) is 37.3 Å². The fraction of sp³-hybridized carbons (Fsp3) is 0.190. The second-order valence-corrected chi connectivity index (χ2v) is 8.95. The Morgan fingerprint density at radius 2 is 1.82 bits per heavy atom. The number of nitrogens with one attached hydrogen (secondary N) is 2. The first-order valence-electron chi connectivity index (χ1n) is 9.32. The molecule has 172 valence electrons. The number of carbonyl (C=O) groups excluding carboxylic acids is 2. The molecule has 0 radical (unpaired) electrons. The van der Waals surface area contributed by atoms with Crippen LogP contribution < -0.4 is 14.9 Å². The van der Waals surface area contributed by atoms with Crippen molar-refractivity contribution in [3.05, 3.63) is 76.5 Å². The van der Waals surface area contributed by atoms with Gasteiger partial charge in [-0.2, -0.15) is 18.4 Å². The molecule has 2 N–H and O–H groups in total. The molecule has 1 atom stereocenters. The lowest BCUT2D eigenvalue weighted by molar-refractivity contribution is -0.137. The maximum absolute atomic E-state index is 13.2. The molecule has 0 aromatic heterocycles. The van der Waals surface area contributed by atoms with Crippen LogP contribution in [0.2, 0.25) is 0 Å². The van der Waals surface area contributed by atoms with Crippen molar-refractivity contribution in [2.45, 2.75) is 19.1 Å². The molecule has 0 spiro atoms. The Labute approximate surface area is 187 Å². The van der Waals surface area contributed by atoms with Crippen LogP contribution in [0.15, 0.2) is 59.8 Å². The molecule has 3 rings (SSSR count). The number of halogens is 3. The van der Waals surface area contributed by atoms with E-state index in [-0.39, 0.29) is 17.0 Å². The monoisotopic (exact) mass is 478 g/mol. The van der Waals surface area contributed by atoms with Gasteiger partial charge in [-0.25, -0.2) is 17.9 Å². The first kappa shape index (κ1) is 23.8. The number of benzene rings is 2. The first-order chi connectivity index (χ1) is 15.3. The number of sulfonamides is 1. The van der Waals surface area contributed by atoms with Crippen LogP contribution in [-0.2, 0) is 21.0 Å². The van der Waals surface area contributed by atoms with Gasteiger partial charge < -0.3 is 5.32 Å². The van der Waals surface area contributed by atoms with Crippen molar-refractivity contribution < 1.29 is 31.2 Å². The third-order valence-electron chi connectivity index (χ3n) is 4.81. The summed E-state index contributed by atoms with van der Waals surface area (Å²) in [4.78, 5) is 26.7. The van der Waals surface area contributed by atoms with E-state index in [0.717, 1.165) is 29.4 Å². The molecule has 8 nitrogen and oxygen atoms in total. The van der Waals surface area contributed by atoms with Crippen molar-refractivity contribution >= 4 is 27.6 Å². The molecule has 2 aromatic rings. The van der Waals surface area contributed by atoms with Gasteiger partial charge in [0, 0.05) is 5.70 Å². The number of alkyl halides is 3. The molecule has 33 heavy (non-hydrogen) atoms. The van der Waals surface area contributed by atoms with E-state index < -0.39 is 39.7 Å². The molecule has 12 heteroatoms. The number of carbonyl (C=O) groups is 2. The number of amides is 3. The third-order valence-corrected chi connectivity index (χ3v) is 5.37. The minimum absolute atomic E-state index is 0.0615. The Morgan fingerprint density at radius 1 is 1.18 bits per heavy atom. The van der Waals surface area contributed by atoms with E-state index in [1.54, 1.807) is 0 Å². The van der Waals surface area contributed by atoms with Crippen molar-refractivity contribution in [1.29, 1.82) is 5.26 Å². The maximum Gasteiger partial charge on any atom is 0.416 e. The fourth-order valence-corrected chi connectivity index (χ4v) is 3.84. The zero-order valence-corrected chi connectivity index (χ0v) is 18.1. The van der Waals surface area contributed by atoms with Gasteiger partial charge in [-0.3, -0.25) is 9.69 Å². The van der Waals surface area contributed by atoms with Crippen molar-refractivity contribution in [2.24, 2.45) is 0 Å². The van der Waals surface area contributed by atoms with E-state index in [9.17, 15) is 31.2 Å². The maximum atomic E-state index is 13.2. The molecule has 0 saturated heterocycles. The summed E-state index contributed by atoms with van der Waals surface area (Å²) in [7, 11) is -3.99. The topological polar surface area (TPSA) is 119 Å². The summed E-state index contributed by atoms with van der Waals surface area (Å²) >= 11 is 0. The van der Waals surface area contributed by atoms with E-state index in [4.69, 9.17) is 5.26 Å². The Kier molecular flexibility index (Phi) is 6.20. The van der Waals surface area contributed by atoms with Crippen LogP contribution in [0.25, 0.3) is 0 Å². The Balaban J connectivity index is 2.17. The van der Waals surface area contributed by atoms with Crippen LogP contribution in [0.3, 0.4) is 0 Å². The third kappa shape index (κ3) is 5.15. The minimum atomic E-state index is -4.67. The lowest BCUT2D eigenvalue weighted by Crippen LogP contribution is -2.50. The molecule has 0 bridgehead atoms. The fourth-order valence-electron chi connectivity index (χ4n) is 3.39. The number of hydrogen-bond acceptors (Lipinski definition) is 5. The lowest BCUT2D eigenvalue weighted by atomic mass is 9.93. The van der Waals surface area contributed by atoms with Gasteiger partial charge in [0.1, 0.15) is 0 Å². The molecular weight excluding hydrogens is 461 g/mol. The zero-order valence-electron chi connectivity index (χ0n) is 17.3. The number of allylic oxidation sites excluding steroid dienone is 1. The van der Waals surface area contributed by atoms with Crippen LogP contribution in [-0.4, -0.2) is 26.6 Å². The second-order valence-electron chi connectivity index (χ2n) is 7.20. The van der Waals surface area contributed by atoms with Crippen LogP contribution >= 0.6 is 0 Å². The average Bonchev–Trinajstić information content (AvgIpc) is 2.71. The average molecular weight is 478 g/mol. The summed E-state index contributed by atoms with van der Waals surface area (Å²) in [6.45, 7) is 1.33. The van der Waals surface area contributed by atoms with E-state index >= 15 is 0 Å². The van der Waals surface area contributed by atoms with Crippen molar-refractivity contribution in [3.63, 3.8) is 0 Å². The summed E-state index contributed by atoms with van der Waals surface area (Å²) in [6.07, 6.45) is -3.90. The summed E-state index contributed by atoms with van der Waals surface area (Å²) in [5.74, 6) is -1.05. The van der Waals surface area contributed by atoms with E-state index in [1.807, 2.05) is 10.8 Å². The lowest BCUT2D eigenvalue weighted by Gasteiger charge is -2.35. The molecule has 1 aliphatic rings. The predicted molar refractivity (Wildman–Crippen MR) is 112 cm³/mol. The molecule has 0 fully saturated rings. The largest absolute Gasteiger partial charge is 0.416 e. The molecule has 0 aliphatic carbocycles. The van der Waals surface area contributed by atoms with Gasteiger partial charge in [-0.05, 0) is 42.8 Å². The Bertz CT molecular complexity index is 1300. The molecule has 2 aromatic carbocycles. The highest BCUT2D eigenvalue weighted by Crippen LogP contribution is 2.36. The number of rotatable bonds is 4. The van der Waals surface area contributed by atoms with Gasteiger partial charge in [-0.15, -0.1) is 0 Å². The Hall–Kier alpha value is -3.85. The molecular formula is C21H17F3N4O4S. The first-order valence-corrected chi connectivity index (χ1v) is 11.2. The standard InChI is InChI=1S/C21H17F3N4O4S/c1-12-17(19(29)27-33(2,31)32)18(14-8-6-13(11-25)7-9-14)26-20(30)28(12)16-5-3-4-15(10-16)21(22,23)24/h3-10,18H,1-2H3,(H,26,30)(H,27,29). The minimum Gasteiger partial charge on any atom is -0.326 e. The molecule has 0 saturated carbocycles. The van der Waals surface area contributed by atoms with Crippen molar-refractivity contribution in [1.82, 2.24) is 10.0 Å². The SMILES string of the molecule is CC1=C(C(=O)NS(C)(=O)=O)C(c2ccc(C#N)cc2)NC(=O)N1c1cccc(C(F)(F)F)c1. The molecule has 1 heterocycles. The molecule has 3 amide bonds. The highest BCUT2D eigenvalue weighted by atomic mass is 32.2. The van der Waals surface area contributed by atoms with E-state index in [2.05, 4.69) is 5.32 Å². The van der Waals surface area contributed by atoms with Crippen LogP contribution in [0.5, 0.6) is 0 Å². The number of hydrogen-bond donors (Lipinski definition) is 2. The predicted octanol–water partition coefficient (Wildman–Crippen LogP) is 3.20. The van der Waals surface area contributed by atoms with E-state index in [0.29, 0.717) is 11.1 Å². The van der Waals surface area contributed by atoms with Gasteiger partial charge in [0.15, 0.2) is 0 Å². The smallest absolute Gasteiger partial charge is 0.326 e. The van der Waals surface area contributed by atoms with Gasteiger partial charge in [-0.1, -0.05) is 18.2 Å². The highest BCUT2D eigenvalue weighted by Gasteiger charge is 2.38.